The molecule has 3 heterocycles. The number of ether oxygens (including phenoxy) is 1. The van der Waals surface area contributed by atoms with Gasteiger partial charge in [0.25, 0.3) is 5.91 Å². The van der Waals surface area contributed by atoms with Gasteiger partial charge >= 0.3 is 0 Å². The highest BCUT2D eigenvalue weighted by molar-refractivity contribution is 6.34. The highest BCUT2D eigenvalue weighted by atomic mass is 35.5. The third kappa shape index (κ3) is 4.85. The van der Waals surface area contributed by atoms with Gasteiger partial charge in [-0.1, -0.05) is 66.2 Å². The molecule has 1 N–H and O–H groups in total. The van der Waals surface area contributed by atoms with Crippen molar-refractivity contribution in [1.29, 1.82) is 0 Å². The van der Waals surface area contributed by atoms with Crippen molar-refractivity contribution < 1.29 is 24.2 Å². The molecule has 8 nitrogen and oxygen atoms in total. The maximum Gasteiger partial charge on any atom is 0.253 e. The number of amides is 3. The topological polar surface area (TPSA) is 90.4 Å². The van der Waals surface area contributed by atoms with Crippen LogP contribution in [0, 0.1) is 18.8 Å². The lowest BCUT2D eigenvalue weighted by molar-refractivity contribution is -0.146. The molecule has 3 fully saturated rings. The molecule has 2 aromatic rings. The van der Waals surface area contributed by atoms with Crippen LogP contribution in [0.25, 0.3) is 0 Å². The minimum Gasteiger partial charge on any atom is -0.394 e. The molecular formula is C33H38ClN3O5. The predicted octanol–water partition coefficient (Wildman–Crippen LogP) is 3.79. The Labute approximate surface area is 252 Å². The molecule has 2 unspecified atom stereocenters. The first-order valence-corrected chi connectivity index (χ1v) is 14.8. The number of hydrogen-bond donors (Lipinski definition) is 1. The van der Waals surface area contributed by atoms with E-state index in [1.54, 1.807) is 35.1 Å². The molecule has 0 aromatic heterocycles. The van der Waals surface area contributed by atoms with Gasteiger partial charge in [0.2, 0.25) is 11.8 Å². The summed E-state index contributed by atoms with van der Waals surface area (Å²) in [6.45, 7) is 9.60. The summed E-state index contributed by atoms with van der Waals surface area (Å²) in [5.41, 5.74) is 1.03. The highest BCUT2D eigenvalue weighted by Gasteiger charge is 2.75. The van der Waals surface area contributed by atoms with E-state index in [1.807, 2.05) is 49.4 Å². The summed E-state index contributed by atoms with van der Waals surface area (Å²) in [5, 5.41) is 11.1. The standard InChI is InChI=1S/C33H38ClN3O5/c1-5-17-35(4)30(39)26-25-15-16-33(42-25)27(26)31(40)37(23(20-38)19-22-12-8-7-9-13-22)29(33)32(41)36(18-6-2)28-21(3)11-10-14-24(28)34/h5-14,23,25-27,29,38H,1-2,15-20H2,3-4H3/t23-,25-,26+,27+,29?,33?/m1/s1. The molecule has 42 heavy (non-hydrogen) atoms. The molecule has 1 spiro atoms. The fourth-order valence-corrected chi connectivity index (χ4v) is 7.58. The summed E-state index contributed by atoms with van der Waals surface area (Å²) >= 11 is 6.65. The zero-order valence-corrected chi connectivity index (χ0v) is 24.9. The smallest absolute Gasteiger partial charge is 0.253 e. The van der Waals surface area contributed by atoms with Crippen LogP contribution < -0.4 is 4.90 Å². The molecule has 3 aliphatic heterocycles. The summed E-state index contributed by atoms with van der Waals surface area (Å²) in [7, 11) is 1.68. The van der Waals surface area contributed by atoms with Crippen molar-refractivity contribution in [3.05, 3.63) is 90.0 Å². The second-order valence-corrected chi connectivity index (χ2v) is 11.9. The zero-order valence-electron chi connectivity index (χ0n) is 24.1. The molecule has 222 valence electrons. The van der Waals surface area contributed by atoms with Crippen molar-refractivity contribution >= 4 is 35.0 Å². The van der Waals surface area contributed by atoms with Gasteiger partial charge in [0.15, 0.2) is 0 Å². The number of nitrogens with zero attached hydrogens (tertiary/aromatic N) is 3. The van der Waals surface area contributed by atoms with Crippen LogP contribution in [0.5, 0.6) is 0 Å². The third-order valence-corrected chi connectivity index (χ3v) is 9.30. The van der Waals surface area contributed by atoms with Gasteiger partial charge in [-0.3, -0.25) is 14.4 Å². The van der Waals surface area contributed by atoms with E-state index in [-0.39, 0.29) is 30.9 Å². The van der Waals surface area contributed by atoms with Gasteiger partial charge in [0.05, 0.1) is 41.3 Å². The van der Waals surface area contributed by atoms with E-state index in [2.05, 4.69) is 13.2 Å². The van der Waals surface area contributed by atoms with Gasteiger partial charge < -0.3 is 24.5 Å². The monoisotopic (exact) mass is 591 g/mol. The van der Waals surface area contributed by atoms with Gasteiger partial charge in [-0.05, 0) is 43.4 Å². The first-order valence-electron chi connectivity index (χ1n) is 14.4. The fraction of sp³-hybridized carbons (Fsp3) is 0.424. The van der Waals surface area contributed by atoms with Gasteiger partial charge in [0, 0.05) is 20.1 Å². The van der Waals surface area contributed by atoms with Gasteiger partial charge in [-0.25, -0.2) is 0 Å². The normalized spacial score (nSPS) is 26.6. The van der Waals surface area contributed by atoms with Crippen molar-refractivity contribution in [2.45, 2.75) is 50.0 Å². The molecular weight excluding hydrogens is 554 g/mol. The zero-order chi connectivity index (χ0) is 30.2. The number of halogens is 1. The van der Waals surface area contributed by atoms with Crippen LogP contribution in [-0.4, -0.2) is 83.2 Å². The Bertz CT molecular complexity index is 1360. The molecule has 0 radical (unpaired) electrons. The lowest BCUT2D eigenvalue weighted by Gasteiger charge is -2.39. The number of aliphatic hydroxyl groups is 1. The van der Waals surface area contributed by atoms with E-state index in [0.29, 0.717) is 36.5 Å². The summed E-state index contributed by atoms with van der Waals surface area (Å²) in [4.78, 5) is 47.8. The van der Waals surface area contributed by atoms with Crippen LogP contribution >= 0.6 is 11.6 Å². The van der Waals surface area contributed by atoms with E-state index < -0.39 is 35.6 Å². The molecule has 2 aromatic carbocycles. The number of fused-ring (bicyclic) bond motifs is 1. The summed E-state index contributed by atoms with van der Waals surface area (Å²) in [6, 6.07) is 13.2. The van der Waals surface area contributed by atoms with Crippen molar-refractivity contribution in [1.82, 2.24) is 9.80 Å². The number of aryl methyl sites for hydroxylation is 1. The maximum atomic E-state index is 14.9. The molecule has 6 atom stereocenters. The largest absolute Gasteiger partial charge is 0.394 e. The number of aliphatic hydroxyl groups excluding tert-OH is 1. The number of hydrogen-bond acceptors (Lipinski definition) is 5. The summed E-state index contributed by atoms with van der Waals surface area (Å²) < 4.78 is 6.63. The molecule has 3 amide bonds. The van der Waals surface area contributed by atoms with Gasteiger partial charge in [-0.2, -0.15) is 0 Å². The van der Waals surface area contributed by atoms with Crippen LogP contribution in [0.1, 0.15) is 24.0 Å². The molecule has 0 saturated carbocycles. The molecule has 9 heteroatoms. The Kier molecular flexibility index (Phi) is 8.60. The number of likely N-dealkylation sites (N-methyl/N-ethyl adjacent to an activating group) is 1. The number of likely N-dealkylation sites (tertiary alicyclic amines) is 1. The van der Waals surface area contributed by atoms with Crippen molar-refractivity contribution in [2.24, 2.45) is 11.8 Å². The van der Waals surface area contributed by atoms with Gasteiger partial charge in [0.1, 0.15) is 11.6 Å². The fourth-order valence-electron chi connectivity index (χ4n) is 7.25. The minimum absolute atomic E-state index is 0.152. The van der Waals surface area contributed by atoms with E-state index in [9.17, 15) is 19.5 Å². The van der Waals surface area contributed by atoms with E-state index >= 15 is 0 Å². The summed E-state index contributed by atoms with van der Waals surface area (Å²) in [5.74, 6) is -2.51. The average Bonchev–Trinajstić information content (AvgIpc) is 3.62. The van der Waals surface area contributed by atoms with Crippen molar-refractivity contribution in [3.63, 3.8) is 0 Å². The Morgan fingerprint density at radius 3 is 2.50 bits per heavy atom. The van der Waals surface area contributed by atoms with Crippen LogP contribution in [0.2, 0.25) is 5.02 Å². The second-order valence-electron chi connectivity index (χ2n) is 11.5. The third-order valence-electron chi connectivity index (χ3n) is 8.99. The first kappa shape index (κ1) is 30.0. The predicted molar refractivity (Wildman–Crippen MR) is 162 cm³/mol. The van der Waals surface area contributed by atoms with Crippen LogP contribution in [0.15, 0.2) is 73.8 Å². The number of para-hydroxylation sites is 1. The summed E-state index contributed by atoms with van der Waals surface area (Å²) in [6.07, 6.45) is 4.11. The Hall–Kier alpha value is -3.46. The molecule has 3 saturated heterocycles. The highest BCUT2D eigenvalue weighted by Crippen LogP contribution is 2.59. The maximum absolute atomic E-state index is 14.9. The lowest BCUT2D eigenvalue weighted by atomic mass is 9.70. The SMILES string of the molecule is C=CCN(C)C(=O)[C@@H]1[C@H]2C(=O)N([C@@H](CO)Cc3ccccc3)C(C(=O)N(CC=C)c3c(C)cccc3Cl)C23CC[C@H]1O3. The number of benzene rings is 2. The van der Waals surface area contributed by atoms with Crippen LogP contribution in [-0.2, 0) is 25.5 Å². The second kappa shape index (κ2) is 12.0. The molecule has 0 aliphatic carbocycles. The average molecular weight is 592 g/mol. The van der Waals surface area contributed by atoms with E-state index in [0.717, 1.165) is 11.1 Å². The number of carbonyl (C=O) groups is 3. The van der Waals surface area contributed by atoms with E-state index in [1.165, 1.54) is 4.90 Å². The van der Waals surface area contributed by atoms with Crippen LogP contribution in [0.4, 0.5) is 5.69 Å². The lowest BCUT2D eigenvalue weighted by Crippen LogP contribution is -2.59. The quantitative estimate of drug-likeness (QED) is 0.402. The first-order chi connectivity index (χ1) is 20.2. The molecule has 3 aliphatic rings. The molecule has 5 rings (SSSR count). The Morgan fingerprint density at radius 2 is 1.86 bits per heavy atom. The Balaban J connectivity index is 1.63. The number of carbonyl (C=O) groups excluding carboxylic acids is 3. The molecule has 2 bridgehead atoms. The van der Waals surface area contributed by atoms with E-state index in [4.69, 9.17) is 16.3 Å². The van der Waals surface area contributed by atoms with Crippen molar-refractivity contribution in [3.8, 4) is 0 Å². The Morgan fingerprint density at radius 1 is 1.14 bits per heavy atom. The number of rotatable bonds is 11. The minimum atomic E-state index is -1.22. The van der Waals surface area contributed by atoms with Gasteiger partial charge in [-0.15, -0.1) is 13.2 Å². The number of anilines is 1. The van der Waals surface area contributed by atoms with Crippen LogP contribution in [0.3, 0.4) is 0 Å². The van der Waals surface area contributed by atoms with Crippen molar-refractivity contribution in [2.75, 3.05) is 31.6 Å².